The maximum absolute atomic E-state index is 6.09. The van der Waals surface area contributed by atoms with Gasteiger partial charge in [0.2, 0.25) is 5.28 Å². The van der Waals surface area contributed by atoms with Gasteiger partial charge in [-0.25, -0.2) is 4.98 Å². The summed E-state index contributed by atoms with van der Waals surface area (Å²) in [5, 5.41) is 1.45. The van der Waals surface area contributed by atoms with Gasteiger partial charge in [0.15, 0.2) is 0 Å². The molecule has 2 rings (SSSR count). The molecule has 0 aromatic carbocycles. The van der Waals surface area contributed by atoms with Crippen molar-refractivity contribution in [3.05, 3.63) is 16.2 Å². The van der Waals surface area contributed by atoms with Gasteiger partial charge in [0, 0.05) is 18.0 Å². The molecule has 0 radical (unpaired) electrons. The van der Waals surface area contributed by atoms with Gasteiger partial charge < -0.3 is 4.90 Å². The summed E-state index contributed by atoms with van der Waals surface area (Å²) in [7, 11) is 2.09. The van der Waals surface area contributed by atoms with Crippen molar-refractivity contribution in [3.63, 3.8) is 0 Å². The minimum absolute atomic E-state index is 0.334. The molecule has 0 bridgehead atoms. The minimum atomic E-state index is 0.334. The molecule has 2 heterocycles. The Morgan fingerprint density at radius 3 is 2.60 bits per heavy atom. The first kappa shape index (κ1) is 15.5. The molecule has 0 aliphatic rings. The topological polar surface area (TPSA) is 29.0 Å². The molecule has 0 aliphatic carbocycles. The van der Waals surface area contributed by atoms with E-state index < -0.39 is 0 Å². The molecule has 5 heteroatoms. The second-order valence-electron chi connectivity index (χ2n) is 5.69. The number of aryl methyl sites for hydroxylation is 1. The molecule has 0 saturated carbocycles. The molecule has 2 aromatic heterocycles. The van der Waals surface area contributed by atoms with Gasteiger partial charge in [-0.2, -0.15) is 4.98 Å². The number of hydrogen-bond acceptors (Lipinski definition) is 4. The fourth-order valence-corrected chi connectivity index (χ4v) is 3.60. The van der Waals surface area contributed by atoms with Gasteiger partial charge in [-0.05, 0) is 43.4 Å². The Morgan fingerprint density at radius 2 is 2.00 bits per heavy atom. The summed E-state index contributed by atoms with van der Waals surface area (Å²) in [6, 6.07) is 2.62. The summed E-state index contributed by atoms with van der Waals surface area (Å²) < 4.78 is 0. The maximum Gasteiger partial charge on any atom is 0.225 e. The predicted octanol–water partition coefficient (Wildman–Crippen LogP) is 4.78. The first-order valence-electron chi connectivity index (χ1n) is 7.11. The number of thiophene rings is 1. The molecule has 110 valence electrons. The van der Waals surface area contributed by atoms with Crippen LogP contribution in [0.25, 0.3) is 10.2 Å². The van der Waals surface area contributed by atoms with E-state index in [1.54, 1.807) is 11.3 Å². The van der Waals surface area contributed by atoms with Gasteiger partial charge in [0.05, 0.1) is 5.39 Å². The van der Waals surface area contributed by atoms with Gasteiger partial charge in [0.1, 0.15) is 10.6 Å². The zero-order valence-corrected chi connectivity index (χ0v) is 14.3. The number of rotatable bonds is 5. The van der Waals surface area contributed by atoms with Crippen molar-refractivity contribution in [1.82, 2.24) is 9.97 Å². The Labute approximate surface area is 130 Å². The molecule has 3 nitrogen and oxygen atoms in total. The predicted molar refractivity (Wildman–Crippen MR) is 89.1 cm³/mol. The lowest BCUT2D eigenvalue weighted by molar-refractivity contribution is 0.502. The second kappa shape index (κ2) is 6.27. The summed E-state index contributed by atoms with van der Waals surface area (Å²) >= 11 is 7.79. The number of aromatic nitrogens is 2. The summed E-state index contributed by atoms with van der Waals surface area (Å²) in [5.74, 6) is 1.61. The molecular formula is C15H22ClN3S. The number of halogens is 1. The Balaban J connectivity index is 2.44. The first-order valence-corrected chi connectivity index (χ1v) is 8.30. The molecule has 0 N–H and O–H groups in total. The largest absolute Gasteiger partial charge is 0.356 e. The van der Waals surface area contributed by atoms with Gasteiger partial charge in [-0.3, -0.25) is 0 Å². The standard InChI is InChI=1S/C15H22ClN3S/c1-6-11-8-12-13(17-15(16)18-14(12)20-11)19(5)10(4)7-9(2)3/h8-10H,6-7H2,1-5H3. The molecule has 0 aliphatic heterocycles. The molecule has 0 saturated heterocycles. The molecule has 1 atom stereocenters. The van der Waals surface area contributed by atoms with Crippen LogP contribution in [0.15, 0.2) is 6.07 Å². The third kappa shape index (κ3) is 3.23. The van der Waals surface area contributed by atoms with E-state index in [2.05, 4.69) is 55.7 Å². The normalized spacial score (nSPS) is 13.2. The van der Waals surface area contributed by atoms with Crippen molar-refractivity contribution in [2.24, 2.45) is 5.92 Å². The summed E-state index contributed by atoms with van der Waals surface area (Å²) in [4.78, 5) is 13.4. The van der Waals surface area contributed by atoms with Crippen LogP contribution in [0, 0.1) is 5.92 Å². The molecule has 0 amide bonds. The Morgan fingerprint density at radius 1 is 1.30 bits per heavy atom. The Hall–Kier alpha value is -0.870. The smallest absolute Gasteiger partial charge is 0.225 e. The lowest BCUT2D eigenvalue weighted by atomic mass is 10.0. The minimum Gasteiger partial charge on any atom is -0.356 e. The fourth-order valence-electron chi connectivity index (χ4n) is 2.42. The van der Waals surface area contributed by atoms with E-state index in [0.717, 1.165) is 28.9 Å². The highest BCUT2D eigenvalue weighted by molar-refractivity contribution is 7.18. The van der Waals surface area contributed by atoms with E-state index in [-0.39, 0.29) is 0 Å². The van der Waals surface area contributed by atoms with Crippen molar-refractivity contribution in [1.29, 1.82) is 0 Å². The molecule has 0 spiro atoms. The van der Waals surface area contributed by atoms with Crippen molar-refractivity contribution in [2.75, 3.05) is 11.9 Å². The average molecular weight is 312 g/mol. The number of anilines is 1. The van der Waals surface area contributed by atoms with Crippen LogP contribution >= 0.6 is 22.9 Å². The van der Waals surface area contributed by atoms with Crippen molar-refractivity contribution >= 4 is 39.0 Å². The van der Waals surface area contributed by atoms with E-state index >= 15 is 0 Å². The number of hydrogen-bond donors (Lipinski definition) is 0. The summed E-state index contributed by atoms with van der Waals surface area (Å²) in [6.07, 6.45) is 2.15. The van der Waals surface area contributed by atoms with Crippen LogP contribution in [0.1, 0.15) is 39.0 Å². The monoisotopic (exact) mass is 311 g/mol. The van der Waals surface area contributed by atoms with E-state index in [9.17, 15) is 0 Å². The van der Waals surface area contributed by atoms with Crippen LogP contribution in [0.2, 0.25) is 5.28 Å². The van der Waals surface area contributed by atoms with Crippen LogP contribution in [0.4, 0.5) is 5.82 Å². The quantitative estimate of drug-likeness (QED) is 0.744. The number of nitrogens with zero attached hydrogens (tertiary/aromatic N) is 3. The van der Waals surface area contributed by atoms with Crippen molar-refractivity contribution < 1.29 is 0 Å². The van der Waals surface area contributed by atoms with E-state index in [1.165, 1.54) is 4.88 Å². The molecule has 1 unspecified atom stereocenters. The zero-order chi connectivity index (χ0) is 14.9. The third-order valence-corrected chi connectivity index (χ3v) is 4.89. The second-order valence-corrected chi connectivity index (χ2v) is 7.14. The van der Waals surface area contributed by atoms with E-state index in [0.29, 0.717) is 17.2 Å². The lowest BCUT2D eigenvalue weighted by Gasteiger charge is -2.27. The molecule has 20 heavy (non-hydrogen) atoms. The van der Waals surface area contributed by atoms with Crippen molar-refractivity contribution in [2.45, 2.75) is 46.6 Å². The average Bonchev–Trinajstić information content (AvgIpc) is 2.78. The Kier molecular flexibility index (Phi) is 4.86. The third-order valence-electron chi connectivity index (χ3n) is 3.55. The lowest BCUT2D eigenvalue weighted by Crippen LogP contribution is -2.31. The van der Waals surface area contributed by atoms with Crippen LogP contribution in [0.5, 0.6) is 0 Å². The SMILES string of the molecule is CCc1cc2c(N(C)C(C)CC(C)C)nc(Cl)nc2s1. The Bertz CT molecular complexity index is 594. The number of fused-ring (bicyclic) bond motifs is 1. The maximum atomic E-state index is 6.09. The van der Waals surface area contributed by atoms with Crippen molar-refractivity contribution in [3.8, 4) is 0 Å². The van der Waals surface area contributed by atoms with Crippen LogP contribution in [-0.4, -0.2) is 23.1 Å². The zero-order valence-electron chi connectivity index (χ0n) is 12.8. The van der Waals surface area contributed by atoms with Gasteiger partial charge in [0.25, 0.3) is 0 Å². The van der Waals surface area contributed by atoms with E-state index in [1.807, 2.05) is 0 Å². The highest BCUT2D eigenvalue weighted by Gasteiger charge is 2.18. The van der Waals surface area contributed by atoms with Crippen LogP contribution < -0.4 is 4.90 Å². The summed E-state index contributed by atoms with van der Waals surface area (Å²) in [6.45, 7) is 8.87. The van der Waals surface area contributed by atoms with Gasteiger partial charge in [-0.1, -0.05) is 20.8 Å². The fraction of sp³-hybridized carbons (Fsp3) is 0.600. The van der Waals surface area contributed by atoms with Crippen LogP contribution in [0.3, 0.4) is 0 Å². The van der Waals surface area contributed by atoms with Gasteiger partial charge in [-0.15, -0.1) is 11.3 Å². The van der Waals surface area contributed by atoms with E-state index in [4.69, 9.17) is 11.6 Å². The summed E-state index contributed by atoms with van der Waals surface area (Å²) in [5.41, 5.74) is 0. The first-order chi connectivity index (χ1) is 9.42. The molecule has 0 fully saturated rings. The van der Waals surface area contributed by atoms with Crippen LogP contribution in [-0.2, 0) is 6.42 Å². The highest BCUT2D eigenvalue weighted by Crippen LogP contribution is 2.33. The van der Waals surface area contributed by atoms with Gasteiger partial charge >= 0.3 is 0 Å². The highest BCUT2D eigenvalue weighted by atomic mass is 35.5. The molecule has 2 aromatic rings. The molecular weight excluding hydrogens is 290 g/mol.